The first kappa shape index (κ1) is 11.9. The van der Waals surface area contributed by atoms with Gasteiger partial charge in [-0.25, -0.2) is 9.91 Å². The van der Waals surface area contributed by atoms with Gasteiger partial charge in [-0.3, -0.25) is 0 Å². The molecule has 1 aromatic carbocycles. The number of fused-ring (bicyclic) bond motifs is 1. The second-order valence-electron chi connectivity index (χ2n) is 2.06. The van der Waals surface area contributed by atoms with E-state index < -0.39 is 0 Å². The Bertz CT molecular complexity index is 359. The van der Waals surface area contributed by atoms with Crippen molar-refractivity contribution in [3.8, 4) is 0 Å². The van der Waals surface area contributed by atoms with E-state index in [0.717, 1.165) is 5.39 Å². The number of rotatable bonds is 0. The minimum Gasteiger partial charge on any atom is -0.686 e. The molecule has 12 heavy (non-hydrogen) atoms. The van der Waals surface area contributed by atoms with Gasteiger partial charge >= 0.3 is 37.7 Å². The Hall–Kier alpha value is -0.115. The van der Waals surface area contributed by atoms with Crippen molar-refractivity contribution in [3.63, 3.8) is 0 Å². The Balaban J connectivity index is 0.000000605. The Kier molecular flexibility index (Phi) is 4.75. The van der Waals surface area contributed by atoms with Crippen LogP contribution in [0, 0.1) is 11.9 Å². The SMILES string of the molecule is Fc1[c-]c2[n-]ccc2cc1.[Li+].[Li+]. The van der Waals surface area contributed by atoms with Crippen LogP contribution in [0.3, 0.4) is 0 Å². The molecule has 2 aromatic rings. The summed E-state index contributed by atoms with van der Waals surface area (Å²) in [4.78, 5) is 3.88. The molecule has 1 aromatic heterocycles. The van der Waals surface area contributed by atoms with Crippen LogP contribution in [0.1, 0.15) is 0 Å². The van der Waals surface area contributed by atoms with Gasteiger partial charge in [0.15, 0.2) is 0 Å². The molecule has 0 unspecified atom stereocenters. The third kappa shape index (κ3) is 2.19. The fourth-order valence-electron chi connectivity index (χ4n) is 0.902. The summed E-state index contributed by atoms with van der Waals surface area (Å²) in [5.74, 6) is -0.355. The average molecular weight is 147 g/mol. The first-order valence-corrected chi connectivity index (χ1v) is 2.95. The molecule has 2 rings (SSSR count). The zero-order valence-corrected chi connectivity index (χ0v) is 7.13. The second-order valence-corrected chi connectivity index (χ2v) is 2.06. The third-order valence-corrected chi connectivity index (χ3v) is 1.38. The van der Waals surface area contributed by atoms with Gasteiger partial charge in [0.2, 0.25) is 0 Å². The molecule has 0 fully saturated rings. The van der Waals surface area contributed by atoms with Gasteiger partial charge in [0.1, 0.15) is 0 Å². The predicted octanol–water partition coefficient (Wildman–Crippen LogP) is -4.26. The molecule has 0 amide bonds. The van der Waals surface area contributed by atoms with Gasteiger partial charge in [-0.1, -0.05) is 0 Å². The summed E-state index contributed by atoms with van der Waals surface area (Å²) in [7, 11) is 0. The molecule has 0 atom stereocenters. The van der Waals surface area contributed by atoms with Crippen LogP contribution in [0.4, 0.5) is 4.39 Å². The van der Waals surface area contributed by atoms with Gasteiger partial charge in [0.05, 0.1) is 0 Å². The Morgan fingerprint density at radius 3 is 2.67 bits per heavy atom. The number of aromatic nitrogens is 1. The standard InChI is InChI=1S/C8H4FN.2Li/c9-7-2-1-6-3-4-10-8(6)5-7;;/h1-4H;;/q-2;2*+1. The van der Waals surface area contributed by atoms with Crippen molar-refractivity contribution in [2.45, 2.75) is 0 Å². The van der Waals surface area contributed by atoms with Gasteiger partial charge < -0.3 is 4.98 Å². The molecule has 0 radical (unpaired) electrons. The number of hydrogen-bond donors (Lipinski definition) is 0. The average Bonchev–Trinajstić information content (AvgIpc) is 2.33. The van der Waals surface area contributed by atoms with Crippen molar-refractivity contribution in [3.05, 3.63) is 36.3 Å². The summed E-state index contributed by atoms with van der Waals surface area (Å²) in [5, 5.41) is 0.932. The van der Waals surface area contributed by atoms with Crippen molar-refractivity contribution >= 4 is 10.9 Å². The molecule has 0 bridgehead atoms. The van der Waals surface area contributed by atoms with E-state index in [9.17, 15) is 4.39 Å². The zero-order chi connectivity index (χ0) is 6.97. The first-order valence-electron chi connectivity index (χ1n) is 2.95. The second kappa shape index (κ2) is 4.80. The monoisotopic (exact) mass is 147 g/mol. The summed E-state index contributed by atoms with van der Waals surface area (Å²) < 4.78 is 12.4. The van der Waals surface area contributed by atoms with Crippen LogP contribution < -0.4 is 42.7 Å². The summed E-state index contributed by atoms with van der Waals surface area (Å²) in [6.07, 6.45) is 1.64. The Morgan fingerprint density at radius 2 is 1.92 bits per heavy atom. The van der Waals surface area contributed by atoms with Crippen LogP contribution in [0.15, 0.2) is 24.4 Å². The van der Waals surface area contributed by atoms with E-state index in [0.29, 0.717) is 5.52 Å². The molecule has 0 saturated carbocycles. The van der Waals surface area contributed by atoms with E-state index >= 15 is 0 Å². The molecule has 0 aliphatic heterocycles. The van der Waals surface area contributed by atoms with E-state index in [1.807, 2.05) is 6.07 Å². The van der Waals surface area contributed by atoms with E-state index in [1.165, 1.54) is 6.07 Å². The number of hydrogen-bond acceptors (Lipinski definition) is 0. The van der Waals surface area contributed by atoms with Crippen LogP contribution >= 0.6 is 0 Å². The number of benzene rings is 1. The third-order valence-electron chi connectivity index (χ3n) is 1.38. The van der Waals surface area contributed by atoms with Crippen LogP contribution in [-0.2, 0) is 0 Å². The summed E-state index contributed by atoms with van der Waals surface area (Å²) in [6.45, 7) is 0. The van der Waals surface area contributed by atoms with E-state index in [1.54, 1.807) is 12.3 Å². The molecule has 1 nitrogen and oxygen atoms in total. The zero-order valence-electron chi connectivity index (χ0n) is 7.13. The van der Waals surface area contributed by atoms with Crippen LogP contribution in [0.2, 0.25) is 0 Å². The van der Waals surface area contributed by atoms with Crippen LogP contribution in [0.5, 0.6) is 0 Å². The minimum absolute atomic E-state index is 0. The molecule has 50 valence electrons. The van der Waals surface area contributed by atoms with Gasteiger partial charge in [0.25, 0.3) is 0 Å². The molecule has 0 N–H and O–H groups in total. The maximum atomic E-state index is 12.4. The number of nitrogens with zero attached hydrogens (tertiary/aromatic N) is 1. The van der Waals surface area contributed by atoms with Gasteiger partial charge in [-0.2, -0.15) is 23.7 Å². The van der Waals surface area contributed by atoms with Crippen LogP contribution in [0.25, 0.3) is 10.9 Å². The fraction of sp³-hybridized carbons (Fsp3) is 0. The Labute approximate surface area is 94.1 Å². The Morgan fingerprint density at radius 1 is 1.17 bits per heavy atom. The topological polar surface area (TPSA) is 14.1 Å². The molecular formula is C8H4FLi2N. The molecule has 0 spiro atoms. The molecule has 4 heteroatoms. The van der Waals surface area contributed by atoms with E-state index in [2.05, 4.69) is 11.1 Å². The normalized spacial score (nSPS) is 8.75. The molecule has 0 aliphatic carbocycles. The maximum Gasteiger partial charge on any atom is 1.00 e. The smallest absolute Gasteiger partial charge is 0.686 e. The minimum atomic E-state index is -0.355. The summed E-state index contributed by atoms with van der Waals surface area (Å²) in [6, 6.07) is 7.38. The molecule has 1 heterocycles. The van der Waals surface area contributed by atoms with E-state index in [4.69, 9.17) is 0 Å². The largest absolute Gasteiger partial charge is 1.00 e. The number of halogens is 1. The van der Waals surface area contributed by atoms with Crippen molar-refractivity contribution in [2.24, 2.45) is 0 Å². The van der Waals surface area contributed by atoms with Gasteiger partial charge in [-0.05, 0) is 0 Å². The molecule has 0 aliphatic rings. The van der Waals surface area contributed by atoms with Crippen molar-refractivity contribution in [1.29, 1.82) is 0 Å². The van der Waals surface area contributed by atoms with Crippen molar-refractivity contribution < 1.29 is 42.1 Å². The fourth-order valence-corrected chi connectivity index (χ4v) is 0.902. The van der Waals surface area contributed by atoms with Crippen molar-refractivity contribution in [1.82, 2.24) is 4.98 Å². The quantitative estimate of drug-likeness (QED) is 0.272. The maximum absolute atomic E-state index is 12.4. The summed E-state index contributed by atoms with van der Waals surface area (Å²) >= 11 is 0. The van der Waals surface area contributed by atoms with Crippen molar-refractivity contribution in [2.75, 3.05) is 0 Å². The first-order chi connectivity index (χ1) is 4.86. The van der Waals surface area contributed by atoms with Gasteiger partial charge in [0, 0.05) is 5.82 Å². The van der Waals surface area contributed by atoms with Crippen LogP contribution in [-0.4, -0.2) is 0 Å². The molecule has 0 saturated heterocycles. The van der Waals surface area contributed by atoms with E-state index in [-0.39, 0.29) is 43.5 Å². The van der Waals surface area contributed by atoms with Gasteiger partial charge in [-0.15, -0.1) is 12.1 Å². The predicted molar refractivity (Wildman–Crippen MR) is 36.1 cm³/mol. The summed E-state index contributed by atoms with van der Waals surface area (Å²) in [5.41, 5.74) is 0.597. The molecular weight excluding hydrogens is 143 g/mol.